The molecule has 5 rings (SSSR count). The van der Waals surface area contributed by atoms with Crippen LogP contribution in [-0.4, -0.2) is 59.4 Å². The molecule has 2 aromatic heterocycles. The van der Waals surface area contributed by atoms with Crippen LogP contribution in [-0.2, 0) is 20.7 Å². The van der Waals surface area contributed by atoms with Crippen molar-refractivity contribution in [3.63, 3.8) is 0 Å². The summed E-state index contributed by atoms with van der Waals surface area (Å²) in [6, 6.07) is 7.84. The second-order valence-corrected chi connectivity index (χ2v) is 8.24. The van der Waals surface area contributed by atoms with Gasteiger partial charge in [-0.05, 0) is 12.1 Å². The van der Waals surface area contributed by atoms with Gasteiger partial charge in [-0.15, -0.1) is 11.3 Å². The summed E-state index contributed by atoms with van der Waals surface area (Å²) in [6.45, 7) is 2.64. The van der Waals surface area contributed by atoms with Crippen LogP contribution in [0.25, 0.3) is 16.2 Å². The van der Waals surface area contributed by atoms with E-state index in [-0.39, 0.29) is 5.91 Å². The molecule has 152 valence electrons. The molecule has 2 aliphatic rings. The number of carbonyl (C=O) groups is 1. The molecule has 0 N–H and O–H groups in total. The van der Waals surface area contributed by atoms with Gasteiger partial charge in [-0.3, -0.25) is 9.20 Å². The highest BCUT2D eigenvalue weighted by Crippen LogP contribution is 2.32. The molecule has 0 atom stereocenters. The minimum absolute atomic E-state index is 0.133. The molecular weight excluding hydrogens is 390 g/mol. The summed E-state index contributed by atoms with van der Waals surface area (Å²) in [4.78, 5) is 20.4. The Balaban J connectivity index is 1.30. The Bertz CT molecular complexity index is 1030. The molecule has 4 heterocycles. The van der Waals surface area contributed by atoms with Crippen LogP contribution >= 0.6 is 11.3 Å². The first-order chi connectivity index (χ1) is 14.2. The van der Waals surface area contributed by atoms with Crippen molar-refractivity contribution in [1.29, 1.82) is 0 Å². The highest BCUT2D eigenvalue weighted by Gasteiger charge is 2.40. The minimum Gasteiger partial charge on any atom is -0.497 e. The molecule has 29 heavy (non-hydrogen) atoms. The van der Waals surface area contributed by atoms with E-state index in [1.807, 2.05) is 45.1 Å². The van der Waals surface area contributed by atoms with Crippen LogP contribution in [0.5, 0.6) is 5.75 Å². The molecule has 2 aliphatic heterocycles. The SMILES string of the molecule is COc1cccc(-c2cn3c(CC(=O)N4CCC5(CC4)OCCO5)csc3n2)c1. The fourth-order valence-corrected chi connectivity index (χ4v) is 4.90. The van der Waals surface area contributed by atoms with Crippen LogP contribution in [0.4, 0.5) is 0 Å². The molecule has 0 saturated carbocycles. The largest absolute Gasteiger partial charge is 0.497 e. The molecule has 3 aromatic rings. The van der Waals surface area contributed by atoms with Gasteiger partial charge in [0.1, 0.15) is 5.75 Å². The van der Waals surface area contributed by atoms with Crippen molar-refractivity contribution in [3.05, 3.63) is 41.5 Å². The lowest BCUT2D eigenvalue weighted by molar-refractivity contribution is -0.187. The van der Waals surface area contributed by atoms with E-state index in [1.54, 1.807) is 18.4 Å². The van der Waals surface area contributed by atoms with Gasteiger partial charge in [-0.1, -0.05) is 12.1 Å². The normalized spacial score (nSPS) is 18.6. The Morgan fingerprint density at radius 3 is 2.83 bits per heavy atom. The number of rotatable bonds is 4. The number of likely N-dealkylation sites (tertiary alicyclic amines) is 1. The summed E-state index contributed by atoms with van der Waals surface area (Å²) >= 11 is 1.55. The molecule has 0 radical (unpaired) electrons. The van der Waals surface area contributed by atoms with Crippen molar-refractivity contribution < 1.29 is 19.0 Å². The van der Waals surface area contributed by atoms with Gasteiger partial charge in [0.15, 0.2) is 10.7 Å². The average molecular weight is 413 g/mol. The first kappa shape index (κ1) is 18.6. The zero-order valence-electron chi connectivity index (χ0n) is 16.3. The van der Waals surface area contributed by atoms with Crippen molar-refractivity contribution in [1.82, 2.24) is 14.3 Å². The predicted molar refractivity (Wildman–Crippen MR) is 109 cm³/mol. The number of thiazole rings is 1. The zero-order valence-corrected chi connectivity index (χ0v) is 17.1. The van der Waals surface area contributed by atoms with Crippen LogP contribution < -0.4 is 4.74 Å². The molecule has 1 amide bonds. The highest BCUT2D eigenvalue weighted by atomic mass is 32.1. The number of nitrogens with zero attached hydrogens (tertiary/aromatic N) is 3. The summed E-state index contributed by atoms with van der Waals surface area (Å²) in [6.07, 6.45) is 3.84. The topological polar surface area (TPSA) is 65.3 Å². The van der Waals surface area contributed by atoms with Gasteiger partial charge in [0.25, 0.3) is 0 Å². The van der Waals surface area contributed by atoms with Crippen molar-refractivity contribution in [3.8, 4) is 17.0 Å². The highest BCUT2D eigenvalue weighted by molar-refractivity contribution is 7.15. The predicted octanol–water partition coefficient (Wildman–Crippen LogP) is 2.98. The Labute approximate surface area is 172 Å². The van der Waals surface area contributed by atoms with E-state index in [0.29, 0.717) is 32.7 Å². The summed E-state index contributed by atoms with van der Waals surface area (Å²) in [7, 11) is 1.65. The number of fused-ring (bicyclic) bond motifs is 1. The van der Waals surface area contributed by atoms with Gasteiger partial charge in [0.05, 0.1) is 32.4 Å². The Hall–Kier alpha value is -2.42. The fraction of sp³-hybridized carbons (Fsp3) is 0.429. The van der Waals surface area contributed by atoms with Crippen LogP contribution in [0.3, 0.4) is 0 Å². The third-order valence-electron chi connectivity index (χ3n) is 5.67. The summed E-state index contributed by atoms with van der Waals surface area (Å²) in [5, 5.41) is 2.02. The second kappa shape index (κ2) is 7.44. The quantitative estimate of drug-likeness (QED) is 0.658. The van der Waals surface area contributed by atoms with Crippen molar-refractivity contribution >= 4 is 22.2 Å². The number of hydrogen-bond acceptors (Lipinski definition) is 6. The van der Waals surface area contributed by atoms with E-state index >= 15 is 0 Å². The molecule has 2 fully saturated rings. The lowest BCUT2D eigenvalue weighted by Gasteiger charge is -2.37. The maximum atomic E-state index is 12.9. The molecule has 0 bridgehead atoms. The summed E-state index contributed by atoms with van der Waals surface area (Å²) in [5.74, 6) is 0.476. The number of aromatic nitrogens is 2. The third kappa shape index (κ3) is 3.52. The number of imidazole rings is 1. The molecule has 0 unspecified atom stereocenters. The first-order valence-electron chi connectivity index (χ1n) is 9.81. The summed E-state index contributed by atoms with van der Waals surface area (Å²) in [5.41, 5.74) is 2.83. The number of piperidine rings is 1. The first-order valence-corrected chi connectivity index (χ1v) is 10.7. The van der Waals surface area contributed by atoms with Gasteiger partial charge < -0.3 is 19.1 Å². The zero-order chi connectivity index (χ0) is 19.8. The monoisotopic (exact) mass is 413 g/mol. The van der Waals surface area contributed by atoms with Gasteiger partial charge in [-0.25, -0.2) is 4.98 Å². The molecule has 1 spiro atoms. The van der Waals surface area contributed by atoms with Crippen molar-refractivity contribution in [2.45, 2.75) is 25.0 Å². The van der Waals surface area contributed by atoms with E-state index in [0.717, 1.165) is 40.5 Å². The van der Waals surface area contributed by atoms with E-state index < -0.39 is 5.79 Å². The van der Waals surface area contributed by atoms with Crippen LogP contribution in [0, 0.1) is 0 Å². The van der Waals surface area contributed by atoms with Crippen molar-refractivity contribution in [2.24, 2.45) is 0 Å². The number of benzene rings is 1. The summed E-state index contributed by atoms with van der Waals surface area (Å²) < 4.78 is 18.8. The Morgan fingerprint density at radius 2 is 2.07 bits per heavy atom. The molecule has 8 heteroatoms. The lowest BCUT2D eigenvalue weighted by atomic mass is 10.0. The lowest BCUT2D eigenvalue weighted by Crippen LogP contribution is -2.47. The molecule has 7 nitrogen and oxygen atoms in total. The number of amides is 1. The molecule has 2 saturated heterocycles. The van der Waals surface area contributed by atoms with Gasteiger partial charge >= 0.3 is 0 Å². The standard InChI is InChI=1S/C21H23N3O4S/c1-26-17-4-2-3-15(11-17)18-13-24-16(14-29-20(24)22-18)12-19(25)23-7-5-21(6-8-23)27-9-10-28-21/h2-4,11,13-14H,5-10,12H2,1H3. The maximum absolute atomic E-state index is 12.9. The average Bonchev–Trinajstić information content (AvgIpc) is 3.46. The molecular formula is C21H23N3O4S. The minimum atomic E-state index is -0.456. The number of carbonyl (C=O) groups excluding carboxylic acids is 1. The van der Waals surface area contributed by atoms with E-state index in [9.17, 15) is 4.79 Å². The number of methoxy groups -OCH3 is 1. The van der Waals surface area contributed by atoms with Crippen LogP contribution in [0.2, 0.25) is 0 Å². The van der Waals surface area contributed by atoms with E-state index in [1.165, 1.54) is 0 Å². The fourth-order valence-electron chi connectivity index (χ4n) is 4.03. The number of hydrogen-bond donors (Lipinski definition) is 0. The third-order valence-corrected chi connectivity index (χ3v) is 6.56. The Kier molecular flexibility index (Phi) is 4.77. The Morgan fingerprint density at radius 1 is 1.28 bits per heavy atom. The van der Waals surface area contributed by atoms with Gasteiger partial charge in [-0.2, -0.15) is 0 Å². The maximum Gasteiger partial charge on any atom is 0.228 e. The number of ether oxygens (including phenoxy) is 3. The van der Waals surface area contributed by atoms with E-state index in [4.69, 9.17) is 19.2 Å². The van der Waals surface area contributed by atoms with E-state index in [2.05, 4.69) is 0 Å². The van der Waals surface area contributed by atoms with Gasteiger partial charge in [0.2, 0.25) is 5.91 Å². The van der Waals surface area contributed by atoms with Crippen LogP contribution in [0.15, 0.2) is 35.8 Å². The second-order valence-electron chi connectivity index (χ2n) is 7.40. The van der Waals surface area contributed by atoms with Crippen LogP contribution in [0.1, 0.15) is 18.5 Å². The molecule has 0 aliphatic carbocycles. The van der Waals surface area contributed by atoms with Crippen molar-refractivity contribution in [2.75, 3.05) is 33.4 Å². The smallest absolute Gasteiger partial charge is 0.228 e. The molecule has 1 aromatic carbocycles. The van der Waals surface area contributed by atoms with Gasteiger partial charge in [0, 0.05) is 48.8 Å².